The van der Waals surface area contributed by atoms with Crippen molar-refractivity contribution in [2.75, 3.05) is 31.6 Å². The molecule has 0 saturated carbocycles. The van der Waals surface area contributed by atoms with Crippen LogP contribution in [0.5, 0.6) is 11.5 Å². The summed E-state index contributed by atoms with van der Waals surface area (Å²) in [5.74, 6) is -0.310. The first-order chi connectivity index (χ1) is 22.3. The molecule has 0 aliphatic carbocycles. The molecule has 1 fully saturated rings. The number of methoxy groups -OCH3 is 1. The van der Waals surface area contributed by atoms with Crippen molar-refractivity contribution in [2.45, 2.75) is 13.0 Å². The molecule has 46 heavy (non-hydrogen) atoms. The number of ether oxygens (including phenoxy) is 1. The Balaban J connectivity index is 1.36. The van der Waals surface area contributed by atoms with E-state index in [0.717, 1.165) is 24.1 Å². The third-order valence-electron chi connectivity index (χ3n) is 7.90. The average Bonchev–Trinajstić information content (AvgIpc) is 3.55. The number of phenolic OH excluding ortho intramolecular Hbond substituents is 1. The van der Waals surface area contributed by atoms with Gasteiger partial charge in [-0.3, -0.25) is 10.0 Å². The van der Waals surface area contributed by atoms with E-state index in [1.165, 1.54) is 31.4 Å². The number of hydrogen-bond acceptors (Lipinski definition) is 9. The van der Waals surface area contributed by atoms with Gasteiger partial charge in [0.15, 0.2) is 11.5 Å². The van der Waals surface area contributed by atoms with Gasteiger partial charge in [-0.2, -0.15) is 10.5 Å². The molecule has 5 rings (SSSR count). The van der Waals surface area contributed by atoms with Crippen LogP contribution in [0.1, 0.15) is 28.7 Å². The molecule has 0 bridgehead atoms. The number of carbonyl (C=O) groups excluding carboxylic acids is 1. The van der Waals surface area contributed by atoms with E-state index >= 15 is 0 Å². The number of pyridine rings is 1. The van der Waals surface area contributed by atoms with Gasteiger partial charge in [0, 0.05) is 49.6 Å². The quantitative estimate of drug-likeness (QED) is 0.107. The first kappa shape index (κ1) is 31.7. The zero-order valence-electron chi connectivity index (χ0n) is 25.0. The summed E-state index contributed by atoms with van der Waals surface area (Å²) < 4.78 is 20.0. The van der Waals surface area contributed by atoms with Gasteiger partial charge >= 0.3 is 0 Å². The lowest BCUT2D eigenvalue weighted by molar-refractivity contribution is -0.124. The molecule has 0 spiro atoms. The number of phenols is 1. The Morgan fingerprint density at radius 2 is 1.91 bits per heavy atom. The third-order valence-corrected chi connectivity index (χ3v) is 7.90. The largest absolute Gasteiger partial charge is 0.504 e. The number of rotatable bonds is 10. The minimum Gasteiger partial charge on any atom is -0.504 e. The zero-order valence-corrected chi connectivity index (χ0v) is 25.0. The highest BCUT2D eigenvalue weighted by Gasteiger charge is 2.28. The van der Waals surface area contributed by atoms with Crippen LogP contribution in [0.2, 0.25) is 0 Å². The van der Waals surface area contributed by atoms with Crippen LogP contribution in [0.4, 0.5) is 10.2 Å². The number of hydroxylamine groups is 1. The summed E-state index contributed by atoms with van der Waals surface area (Å²) >= 11 is 0. The molecular weight excluding hydrogens is 587 g/mol. The van der Waals surface area contributed by atoms with Gasteiger partial charge in [-0.15, -0.1) is 0 Å². The lowest BCUT2D eigenvalue weighted by Crippen LogP contribution is -2.27. The lowest BCUT2D eigenvalue weighted by Gasteiger charge is -2.22. The molecule has 2 heterocycles. The van der Waals surface area contributed by atoms with Crippen LogP contribution in [-0.4, -0.2) is 47.9 Å². The summed E-state index contributed by atoms with van der Waals surface area (Å²) in [6.07, 6.45) is 5.36. The van der Waals surface area contributed by atoms with Crippen molar-refractivity contribution < 1.29 is 24.2 Å². The highest BCUT2D eigenvalue weighted by atomic mass is 19.1. The van der Waals surface area contributed by atoms with Gasteiger partial charge in [0.1, 0.15) is 29.3 Å². The van der Waals surface area contributed by atoms with Crippen molar-refractivity contribution >= 4 is 17.8 Å². The normalized spacial score (nSPS) is 14.2. The number of amides is 1. The maximum Gasteiger partial charge on any atom is 0.267 e. The summed E-state index contributed by atoms with van der Waals surface area (Å²) in [5.41, 5.74) is 5.60. The van der Waals surface area contributed by atoms with Gasteiger partial charge in [0.2, 0.25) is 0 Å². The van der Waals surface area contributed by atoms with Crippen LogP contribution in [0.3, 0.4) is 0 Å². The fourth-order valence-corrected chi connectivity index (χ4v) is 5.55. The number of aromatic hydroxyl groups is 1. The highest BCUT2D eigenvalue weighted by molar-refractivity contribution is 5.91. The summed E-state index contributed by atoms with van der Waals surface area (Å²) in [6, 6.07) is 20.9. The van der Waals surface area contributed by atoms with E-state index in [9.17, 15) is 24.8 Å². The molecule has 10 nitrogen and oxygen atoms in total. The zero-order chi connectivity index (χ0) is 32.6. The third kappa shape index (κ3) is 6.97. The Bertz CT molecular complexity index is 1860. The van der Waals surface area contributed by atoms with Crippen molar-refractivity contribution in [2.24, 2.45) is 5.92 Å². The van der Waals surface area contributed by atoms with Gasteiger partial charge in [-0.1, -0.05) is 36.4 Å². The van der Waals surface area contributed by atoms with Crippen LogP contribution in [0.25, 0.3) is 28.3 Å². The van der Waals surface area contributed by atoms with Gasteiger partial charge < -0.3 is 20.1 Å². The number of aromatic nitrogens is 1. The van der Waals surface area contributed by atoms with Crippen LogP contribution in [-0.2, 0) is 11.3 Å². The molecule has 4 N–H and O–H groups in total. The summed E-state index contributed by atoms with van der Waals surface area (Å²) in [7, 11) is 1.45. The molecule has 4 aromatic rings. The topological polar surface area (TPSA) is 155 Å². The van der Waals surface area contributed by atoms with E-state index in [4.69, 9.17) is 14.9 Å². The predicted octanol–water partition coefficient (Wildman–Crippen LogP) is 5.15. The van der Waals surface area contributed by atoms with E-state index in [1.54, 1.807) is 36.0 Å². The lowest BCUT2D eigenvalue weighted by atomic mass is 9.91. The molecule has 1 unspecified atom stereocenters. The number of benzene rings is 3. The first-order valence-electron chi connectivity index (χ1n) is 14.5. The van der Waals surface area contributed by atoms with Crippen molar-refractivity contribution in [3.8, 4) is 45.9 Å². The maximum atomic E-state index is 14.8. The van der Waals surface area contributed by atoms with Crippen LogP contribution < -0.4 is 20.4 Å². The fourth-order valence-electron chi connectivity index (χ4n) is 5.55. The number of anilines is 1. The number of nitrogens with one attached hydrogen (secondary N) is 2. The molecule has 0 radical (unpaired) electrons. The van der Waals surface area contributed by atoms with Crippen LogP contribution in [0, 0.1) is 34.4 Å². The Hall–Kier alpha value is -5.75. The minimum atomic E-state index is -0.696. The van der Waals surface area contributed by atoms with Crippen molar-refractivity contribution in [1.29, 1.82) is 10.5 Å². The van der Waals surface area contributed by atoms with Crippen LogP contribution in [0.15, 0.2) is 72.9 Å². The molecule has 1 aliphatic heterocycles. The predicted molar refractivity (Wildman–Crippen MR) is 170 cm³/mol. The van der Waals surface area contributed by atoms with E-state index in [2.05, 4.69) is 16.3 Å². The van der Waals surface area contributed by atoms with E-state index in [-0.39, 0.29) is 22.6 Å². The Morgan fingerprint density at radius 1 is 1.13 bits per heavy atom. The second-order valence-corrected chi connectivity index (χ2v) is 10.8. The van der Waals surface area contributed by atoms with Gasteiger partial charge in [0.05, 0.1) is 12.7 Å². The second kappa shape index (κ2) is 14.4. The number of nitrogens with zero attached hydrogens (tertiary/aromatic N) is 4. The molecule has 1 amide bonds. The number of carbonyl (C=O) groups is 1. The Morgan fingerprint density at radius 3 is 2.59 bits per heavy atom. The number of halogens is 1. The summed E-state index contributed by atoms with van der Waals surface area (Å²) in [6.45, 7) is 2.74. The second-order valence-electron chi connectivity index (χ2n) is 10.8. The summed E-state index contributed by atoms with van der Waals surface area (Å²) in [5, 5.41) is 42.3. The van der Waals surface area contributed by atoms with Crippen molar-refractivity contribution in [3.05, 3.63) is 101 Å². The first-order valence-corrected chi connectivity index (χ1v) is 14.5. The monoisotopic (exact) mass is 618 g/mol. The number of nitriles is 2. The van der Waals surface area contributed by atoms with E-state index < -0.39 is 11.7 Å². The SMILES string of the molecule is COc1ccc(-c2cnc(N3CCC(CNCc4ccc(/C=C/C(=O)NO)cc4)C3)c(C#N)c2-c2ccc(C#N)c(F)c2)cc1O. The van der Waals surface area contributed by atoms with E-state index in [1.807, 2.05) is 30.3 Å². The molecule has 1 aliphatic rings. The minimum absolute atomic E-state index is 0.0886. The smallest absolute Gasteiger partial charge is 0.267 e. The molecule has 3 aromatic carbocycles. The maximum absolute atomic E-state index is 14.8. The molecule has 1 atom stereocenters. The van der Waals surface area contributed by atoms with Gasteiger partial charge in [-0.05, 0) is 64.9 Å². The Kier molecular flexibility index (Phi) is 9.88. The summed E-state index contributed by atoms with van der Waals surface area (Å²) in [4.78, 5) is 17.9. The highest BCUT2D eigenvalue weighted by Crippen LogP contribution is 2.41. The van der Waals surface area contributed by atoms with E-state index in [0.29, 0.717) is 53.6 Å². The average molecular weight is 619 g/mol. The fraction of sp³-hybridized carbons (Fsp3) is 0.200. The molecular formula is C35H31FN6O4. The standard InChI is InChI=1S/C35H31FN6O4/c1-46-32-10-9-25(15-31(32)43)29-20-40-35(28(17-38)34(29)26-7-8-27(16-37)30(36)14-26)42-13-12-24(21-42)19-39-18-23-4-2-22(3-5-23)6-11-33(44)41-45/h2-11,14-15,20,24,39,43,45H,12-13,18-19,21H2,1H3,(H,41,44)/b11-6+. The Labute approximate surface area is 265 Å². The van der Waals surface area contributed by atoms with Crippen LogP contribution >= 0.6 is 0 Å². The molecule has 232 valence electrons. The van der Waals surface area contributed by atoms with Crippen molar-refractivity contribution in [1.82, 2.24) is 15.8 Å². The van der Waals surface area contributed by atoms with Crippen molar-refractivity contribution in [3.63, 3.8) is 0 Å². The van der Waals surface area contributed by atoms with Gasteiger partial charge in [-0.25, -0.2) is 14.9 Å². The molecule has 1 saturated heterocycles. The number of hydrogen-bond donors (Lipinski definition) is 4. The molecule has 1 aromatic heterocycles. The molecule has 11 heteroatoms. The van der Waals surface area contributed by atoms with Gasteiger partial charge in [0.25, 0.3) is 5.91 Å².